The van der Waals surface area contributed by atoms with Crippen molar-refractivity contribution >= 4 is 23.2 Å². The zero-order valence-corrected chi connectivity index (χ0v) is 10.8. The van der Waals surface area contributed by atoms with Crippen LogP contribution in [0.1, 0.15) is 26.3 Å². The Morgan fingerprint density at radius 1 is 1.20 bits per heavy atom. The zero-order chi connectivity index (χ0) is 11.5. The number of hydrogen-bond donors (Lipinski definition) is 0. The maximum Gasteiger partial charge on any atom is 0.0732 e. The molecule has 0 aromatic heterocycles. The van der Waals surface area contributed by atoms with Gasteiger partial charge in [-0.2, -0.15) is 0 Å². The lowest BCUT2D eigenvalue weighted by atomic mass is 9.99. The van der Waals surface area contributed by atoms with Gasteiger partial charge in [-0.25, -0.2) is 0 Å². The molecule has 0 amide bonds. The molecule has 0 unspecified atom stereocenters. The number of hydrogen-bond acceptors (Lipinski definition) is 1. The minimum atomic E-state index is 0.172. The molecular weight excluding hydrogens is 231 g/mol. The Bertz CT molecular complexity index is 329. The molecule has 0 spiro atoms. The third-order valence-corrected chi connectivity index (χ3v) is 2.40. The molecule has 0 heterocycles. The van der Waals surface area contributed by atoms with Crippen LogP contribution in [-0.2, 0) is 11.3 Å². The van der Waals surface area contributed by atoms with E-state index in [4.69, 9.17) is 27.9 Å². The van der Waals surface area contributed by atoms with Crippen molar-refractivity contribution in [2.24, 2.45) is 5.41 Å². The van der Waals surface area contributed by atoms with E-state index in [2.05, 4.69) is 20.8 Å². The predicted molar refractivity (Wildman–Crippen MR) is 65.6 cm³/mol. The van der Waals surface area contributed by atoms with E-state index in [1.54, 1.807) is 12.1 Å². The Kier molecular flexibility index (Phi) is 4.45. The summed E-state index contributed by atoms with van der Waals surface area (Å²) in [5.74, 6) is 0. The summed E-state index contributed by atoms with van der Waals surface area (Å²) in [6.45, 7) is 7.61. The van der Waals surface area contributed by atoms with Gasteiger partial charge in [0, 0.05) is 10.0 Å². The molecule has 15 heavy (non-hydrogen) atoms. The van der Waals surface area contributed by atoms with Crippen molar-refractivity contribution in [1.29, 1.82) is 0 Å². The highest BCUT2D eigenvalue weighted by molar-refractivity contribution is 6.33. The minimum absolute atomic E-state index is 0.172. The SMILES string of the molecule is CC(C)(C)COCc1cc(Cl)ccc1Cl. The largest absolute Gasteiger partial charge is 0.376 e. The number of benzene rings is 1. The second-order valence-electron chi connectivity index (χ2n) is 4.79. The molecule has 0 fully saturated rings. The first-order chi connectivity index (χ1) is 6.88. The molecule has 84 valence electrons. The quantitative estimate of drug-likeness (QED) is 0.760. The molecule has 0 radical (unpaired) electrons. The number of ether oxygens (including phenoxy) is 1. The van der Waals surface area contributed by atoms with Gasteiger partial charge in [-0.3, -0.25) is 0 Å². The Labute approximate surface area is 101 Å². The van der Waals surface area contributed by atoms with Crippen LogP contribution in [0, 0.1) is 5.41 Å². The molecule has 0 N–H and O–H groups in total. The van der Waals surface area contributed by atoms with Crippen LogP contribution in [0.25, 0.3) is 0 Å². The topological polar surface area (TPSA) is 9.23 Å². The second-order valence-corrected chi connectivity index (χ2v) is 5.63. The normalized spacial score (nSPS) is 11.8. The predicted octanol–water partition coefficient (Wildman–Crippen LogP) is 4.56. The van der Waals surface area contributed by atoms with E-state index in [1.165, 1.54) is 0 Å². The minimum Gasteiger partial charge on any atom is -0.376 e. The fourth-order valence-electron chi connectivity index (χ4n) is 1.12. The zero-order valence-electron chi connectivity index (χ0n) is 9.31. The second kappa shape index (κ2) is 5.20. The highest BCUT2D eigenvalue weighted by Gasteiger charge is 2.10. The molecule has 0 bridgehead atoms. The fraction of sp³-hybridized carbons (Fsp3) is 0.500. The first-order valence-electron chi connectivity index (χ1n) is 4.90. The summed E-state index contributed by atoms with van der Waals surface area (Å²) in [5.41, 5.74) is 1.11. The fourth-order valence-corrected chi connectivity index (χ4v) is 1.49. The summed E-state index contributed by atoms with van der Waals surface area (Å²) in [6, 6.07) is 5.41. The van der Waals surface area contributed by atoms with Gasteiger partial charge >= 0.3 is 0 Å². The summed E-state index contributed by atoms with van der Waals surface area (Å²) in [5, 5.41) is 1.39. The van der Waals surface area contributed by atoms with Crippen molar-refractivity contribution in [3.63, 3.8) is 0 Å². The number of rotatable bonds is 3. The van der Waals surface area contributed by atoms with Crippen LogP contribution in [0.3, 0.4) is 0 Å². The summed E-state index contributed by atoms with van der Waals surface area (Å²) >= 11 is 11.9. The Balaban J connectivity index is 2.54. The Hall–Kier alpha value is -0.240. The van der Waals surface area contributed by atoms with E-state index in [-0.39, 0.29) is 5.41 Å². The highest BCUT2D eigenvalue weighted by atomic mass is 35.5. The van der Waals surface area contributed by atoms with Gasteiger partial charge in [0.05, 0.1) is 13.2 Å². The van der Waals surface area contributed by atoms with Crippen LogP contribution in [0.5, 0.6) is 0 Å². The Morgan fingerprint density at radius 2 is 1.87 bits per heavy atom. The van der Waals surface area contributed by atoms with Crippen molar-refractivity contribution < 1.29 is 4.74 Å². The van der Waals surface area contributed by atoms with Crippen molar-refractivity contribution in [2.45, 2.75) is 27.4 Å². The van der Waals surface area contributed by atoms with E-state index in [1.807, 2.05) is 6.07 Å². The van der Waals surface area contributed by atoms with Crippen LogP contribution < -0.4 is 0 Å². The molecule has 0 aliphatic heterocycles. The summed E-state index contributed by atoms with van der Waals surface area (Å²) in [6.07, 6.45) is 0. The molecule has 0 saturated heterocycles. The van der Waals surface area contributed by atoms with Gasteiger partial charge in [0.2, 0.25) is 0 Å². The van der Waals surface area contributed by atoms with Crippen LogP contribution in [0.2, 0.25) is 10.0 Å². The molecule has 0 aliphatic carbocycles. The lowest BCUT2D eigenvalue weighted by Crippen LogP contribution is -2.14. The van der Waals surface area contributed by atoms with Gasteiger partial charge in [-0.1, -0.05) is 44.0 Å². The molecule has 1 nitrogen and oxygen atoms in total. The monoisotopic (exact) mass is 246 g/mol. The average molecular weight is 247 g/mol. The standard InChI is InChI=1S/C12H16Cl2O/c1-12(2,3)8-15-7-9-6-10(13)4-5-11(9)14/h4-6H,7-8H2,1-3H3. The number of halogens is 2. The first-order valence-corrected chi connectivity index (χ1v) is 5.66. The smallest absolute Gasteiger partial charge is 0.0732 e. The third kappa shape index (κ3) is 4.87. The first kappa shape index (κ1) is 12.8. The molecular formula is C12H16Cl2O. The van der Waals surface area contributed by atoms with Gasteiger partial charge in [0.25, 0.3) is 0 Å². The van der Waals surface area contributed by atoms with E-state index < -0.39 is 0 Å². The summed E-state index contributed by atoms with van der Waals surface area (Å²) in [7, 11) is 0. The van der Waals surface area contributed by atoms with Gasteiger partial charge in [-0.15, -0.1) is 0 Å². The molecule has 1 aromatic carbocycles. The van der Waals surface area contributed by atoms with Crippen molar-refractivity contribution in [1.82, 2.24) is 0 Å². The van der Waals surface area contributed by atoms with E-state index in [9.17, 15) is 0 Å². The van der Waals surface area contributed by atoms with E-state index >= 15 is 0 Å². The van der Waals surface area contributed by atoms with Gasteiger partial charge in [-0.05, 0) is 29.2 Å². The van der Waals surface area contributed by atoms with Gasteiger partial charge in [0.15, 0.2) is 0 Å². The van der Waals surface area contributed by atoms with Crippen LogP contribution in [-0.4, -0.2) is 6.61 Å². The molecule has 0 atom stereocenters. The summed E-state index contributed by atoms with van der Waals surface area (Å²) < 4.78 is 5.58. The van der Waals surface area contributed by atoms with Gasteiger partial charge < -0.3 is 4.74 Å². The molecule has 1 aromatic rings. The lowest BCUT2D eigenvalue weighted by Gasteiger charge is -2.18. The van der Waals surface area contributed by atoms with Crippen LogP contribution in [0.15, 0.2) is 18.2 Å². The highest BCUT2D eigenvalue weighted by Crippen LogP contribution is 2.22. The molecule has 3 heteroatoms. The molecule has 0 saturated carbocycles. The van der Waals surface area contributed by atoms with Gasteiger partial charge in [0.1, 0.15) is 0 Å². The van der Waals surface area contributed by atoms with Crippen LogP contribution >= 0.6 is 23.2 Å². The van der Waals surface area contributed by atoms with Crippen molar-refractivity contribution in [2.75, 3.05) is 6.61 Å². The third-order valence-electron chi connectivity index (χ3n) is 1.80. The van der Waals surface area contributed by atoms with E-state index in [0.29, 0.717) is 23.3 Å². The lowest BCUT2D eigenvalue weighted by molar-refractivity contribution is 0.0599. The van der Waals surface area contributed by atoms with Crippen LogP contribution in [0.4, 0.5) is 0 Å². The Morgan fingerprint density at radius 3 is 2.47 bits per heavy atom. The van der Waals surface area contributed by atoms with E-state index in [0.717, 1.165) is 5.56 Å². The average Bonchev–Trinajstić information content (AvgIpc) is 2.09. The maximum absolute atomic E-state index is 6.01. The molecule has 1 rings (SSSR count). The summed E-state index contributed by atoms with van der Waals surface area (Å²) in [4.78, 5) is 0. The van der Waals surface area contributed by atoms with Crippen molar-refractivity contribution in [3.05, 3.63) is 33.8 Å². The van der Waals surface area contributed by atoms with Crippen molar-refractivity contribution in [3.8, 4) is 0 Å². The maximum atomic E-state index is 6.01. The molecule has 0 aliphatic rings.